The number of hydrogen-bond acceptors (Lipinski definition) is 7. The number of hydrogen-bond donors (Lipinski definition) is 1. The molecule has 9 heteroatoms. The first-order valence-corrected chi connectivity index (χ1v) is 13.4. The highest BCUT2D eigenvalue weighted by molar-refractivity contribution is 7.99. The Labute approximate surface area is 220 Å². The number of ether oxygens (including phenoxy) is 2. The van der Waals surface area contributed by atoms with Gasteiger partial charge in [0.1, 0.15) is 4.83 Å². The monoisotopic (exact) mass is 527 g/mol. The third-order valence-electron chi connectivity index (χ3n) is 5.94. The van der Waals surface area contributed by atoms with E-state index < -0.39 is 0 Å². The van der Waals surface area contributed by atoms with Crippen LogP contribution in [-0.2, 0) is 4.79 Å². The van der Waals surface area contributed by atoms with Gasteiger partial charge in [0.05, 0.1) is 16.8 Å². The molecule has 0 unspecified atom stereocenters. The molecule has 0 saturated carbocycles. The van der Waals surface area contributed by atoms with Gasteiger partial charge in [0, 0.05) is 22.2 Å². The average molecular weight is 528 g/mol. The summed E-state index contributed by atoms with van der Waals surface area (Å²) >= 11 is 2.72. The number of thioether (sulfide) groups is 1. The van der Waals surface area contributed by atoms with Gasteiger partial charge in [0.25, 0.3) is 5.56 Å². The van der Waals surface area contributed by atoms with Crippen LogP contribution in [0.3, 0.4) is 0 Å². The van der Waals surface area contributed by atoms with Gasteiger partial charge in [0.2, 0.25) is 12.7 Å². The van der Waals surface area contributed by atoms with Crippen LogP contribution in [0.2, 0.25) is 0 Å². The molecule has 0 spiro atoms. The number of amides is 1. The molecule has 2 aromatic heterocycles. The lowest BCUT2D eigenvalue weighted by atomic mass is 10.0. The highest BCUT2D eigenvalue weighted by Crippen LogP contribution is 2.37. The second-order valence-electron chi connectivity index (χ2n) is 8.35. The minimum absolute atomic E-state index is 0.0785. The zero-order valence-corrected chi connectivity index (χ0v) is 21.4. The molecule has 1 aliphatic rings. The number of aryl methyl sites for hydroxylation is 1. The van der Waals surface area contributed by atoms with E-state index in [-0.39, 0.29) is 24.0 Å². The molecule has 0 bridgehead atoms. The number of thiophene rings is 1. The summed E-state index contributed by atoms with van der Waals surface area (Å²) in [6, 6.07) is 24.5. The number of nitrogens with one attached hydrogen (secondary N) is 1. The van der Waals surface area contributed by atoms with Crippen molar-refractivity contribution in [2.75, 3.05) is 17.9 Å². The number of rotatable bonds is 6. The number of carbonyl (C=O) groups is 1. The Bertz CT molecular complexity index is 1680. The zero-order valence-electron chi connectivity index (χ0n) is 19.8. The molecule has 0 saturated heterocycles. The fraction of sp³-hybridized carbons (Fsp3) is 0.107. The third-order valence-corrected chi connectivity index (χ3v) is 7.87. The van der Waals surface area contributed by atoms with E-state index >= 15 is 0 Å². The first-order chi connectivity index (χ1) is 18.1. The maximum atomic E-state index is 14.0. The Morgan fingerprint density at radius 2 is 1.76 bits per heavy atom. The van der Waals surface area contributed by atoms with Gasteiger partial charge in [-0.2, -0.15) is 0 Å². The van der Waals surface area contributed by atoms with E-state index in [1.165, 1.54) is 23.1 Å². The first-order valence-electron chi connectivity index (χ1n) is 11.6. The lowest BCUT2D eigenvalue weighted by Crippen LogP contribution is -2.22. The van der Waals surface area contributed by atoms with Gasteiger partial charge < -0.3 is 14.8 Å². The number of para-hydroxylation sites is 1. The van der Waals surface area contributed by atoms with Crippen molar-refractivity contribution in [3.63, 3.8) is 0 Å². The number of nitrogens with zero attached hydrogens (tertiary/aromatic N) is 2. The molecular weight excluding hydrogens is 506 g/mol. The molecule has 7 nitrogen and oxygen atoms in total. The molecule has 37 heavy (non-hydrogen) atoms. The van der Waals surface area contributed by atoms with Crippen molar-refractivity contribution < 1.29 is 14.3 Å². The van der Waals surface area contributed by atoms with Gasteiger partial charge >= 0.3 is 0 Å². The van der Waals surface area contributed by atoms with Gasteiger partial charge in [-0.15, -0.1) is 11.3 Å². The van der Waals surface area contributed by atoms with Crippen LogP contribution in [0.15, 0.2) is 88.8 Å². The van der Waals surface area contributed by atoms with Crippen LogP contribution >= 0.6 is 23.1 Å². The molecular formula is C28H21N3O4S2. The quantitative estimate of drug-likeness (QED) is 0.219. The fourth-order valence-corrected chi connectivity index (χ4v) is 6.20. The summed E-state index contributed by atoms with van der Waals surface area (Å²) in [4.78, 5) is 33.4. The predicted molar refractivity (Wildman–Crippen MR) is 147 cm³/mol. The molecule has 6 rings (SSSR count). The highest BCUT2D eigenvalue weighted by atomic mass is 32.2. The fourth-order valence-electron chi connectivity index (χ4n) is 4.30. The van der Waals surface area contributed by atoms with E-state index in [1.807, 2.05) is 67.6 Å². The Balaban J connectivity index is 1.36. The lowest BCUT2D eigenvalue weighted by molar-refractivity contribution is -0.113. The van der Waals surface area contributed by atoms with Gasteiger partial charge in [-0.25, -0.2) is 4.98 Å². The molecule has 0 atom stereocenters. The molecule has 1 N–H and O–H groups in total. The Kier molecular flexibility index (Phi) is 6.15. The zero-order chi connectivity index (χ0) is 25.4. The maximum absolute atomic E-state index is 14.0. The molecule has 0 radical (unpaired) electrons. The largest absolute Gasteiger partial charge is 0.454 e. The summed E-state index contributed by atoms with van der Waals surface area (Å²) in [5.74, 6) is 1.11. The second kappa shape index (κ2) is 9.76. The molecule has 184 valence electrons. The topological polar surface area (TPSA) is 82.4 Å². The van der Waals surface area contributed by atoms with Crippen LogP contribution < -0.4 is 20.3 Å². The van der Waals surface area contributed by atoms with Crippen molar-refractivity contribution in [2.45, 2.75) is 12.1 Å². The molecule has 3 heterocycles. The van der Waals surface area contributed by atoms with Crippen LogP contribution in [0.25, 0.3) is 27.0 Å². The van der Waals surface area contributed by atoms with Crippen molar-refractivity contribution in [1.82, 2.24) is 9.55 Å². The molecule has 1 amide bonds. The molecule has 5 aromatic rings. The van der Waals surface area contributed by atoms with Crippen molar-refractivity contribution in [1.29, 1.82) is 0 Å². The van der Waals surface area contributed by atoms with E-state index in [4.69, 9.17) is 14.5 Å². The van der Waals surface area contributed by atoms with Crippen LogP contribution in [-0.4, -0.2) is 28.0 Å². The van der Waals surface area contributed by atoms with Crippen molar-refractivity contribution >= 4 is 44.9 Å². The number of anilines is 1. The minimum atomic E-state index is -0.217. The third kappa shape index (κ3) is 4.47. The molecule has 1 aliphatic heterocycles. The number of benzene rings is 3. The smallest absolute Gasteiger partial charge is 0.268 e. The SMILES string of the molecule is Cc1sc2nc(SCC(=O)Nc3ccc4c(c3)OCO4)n(-c3ccccc3)c(=O)c2c1-c1ccccc1. The van der Waals surface area contributed by atoms with Crippen LogP contribution in [0.4, 0.5) is 5.69 Å². The second-order valence-corrected chi connectivity index (χ2v) is 10.5. The number of carbonyl (C=O) groups excluding carboxylic acids is 1. The standard InChI is InChI=1S/C28H21N3O4S2/c1-17-24(18-8-4-2-5-9-18)25-26(37-17)30-28(31(27(25)33)20-10-6-3-7-11-20)36-15-23(32)29-19-12-13-21-22(14-19)35-16-34-21/h2-14H,15-16H2,1H3,(H,29,32). The van der Waals surface area contributed by atoms with E-state index in [1.54, 1.807) is 22.8 Å². The number of aromatic nitrogens is 2. The van der Waals surface area contributed by atoms with Gasteiger partial charge in [-0.1, -0.05) is 60.3 Å². The Morgan fingerprint density at radius 1 is 1.03 bits per heavy atom. The summed E-state index contributed by atoms with van der Waals surface area (Å²) in [7, 11) is 0. The van der Waals surface area contributed by atoms with Crippen LogP contribution in [0, 0.1) is 6.92 Å². The van der Waals surface area contributed by atoms with Gasteiger partial charge in [0.15, 0.2) is 16.7 Å². The molecule has 0 fully saturated rings. The summed E-state index contributed by atoms with van der Waals surface area (Å²) < 4.78 is 12.3. The predicted octanol–water partition coefficient (Wildman–Crippen LogP) is 5.88. The first kappa shape index (κ1) is 23.3. The lowest BCUT2D eigenvalue weighted by Gasteiger charge is -2.13. The Hall–Kier alpha value is -4.08. The summed E-state index contributed by atoms with van der Waals surface area (Å²) in [5, 5.41) is 3.93. The van der Waals surface area contributed by atoms with Crippen LogP contribution in [0.5, 0.6) is 11.5 Å². The van der Waals surface area contributed by atoms with E-state index in [0.29, 0.717) is 38.2 Å². The van der Waals surface area contributed by atoms with Crippen molar-refractivity contribution in [3.05, 3.63) is 94.1 Å². The normalized spacial score (nSPS) is 12.1. The van der Waals surface area contributed by atoms with E-state index in [0.717, 1.165) is 16.0 Å². The average Bonchev–Trinajstić information content (AvgIpc) is 3.52. The highest BCUT2D eigenvalue weighted by Gasteiger charge is 2.21. The van der Waals surface area contributed by atoms with Crippen LogP contribution in [0.1, 0.15) is 4.88 Å². The summed E-state index contributed by atoms with van der Waals surface area (Å²) in [6.45, 7) is 2.18. The van der Waals surface area contributed by atoms with Gasteiger partial charge in [-0.05, 0) is 36.8 Å². The van der Waals surface area contributed by atoms with Gasteiger partial charge in [-0.3, -0.25) is 14.2 Å². The summed E-state index contributed by atoms with van der Waals surface area (Å²) in [6.07, 6.45) is 0. The molecule has 0 aliphatic carbocycles. The maximum Gasteiger partial charge on any atom is 0.268 e. The summed E-state index contributed by atoms with van der Waals surface area (Å²) in [5.41, 5.74) is 3.04. The van der Waals surface area contributed by atoms with E-state index in [2.05, 4.69) is 5.32 Å². The Morgan fingerprint density at radius 3 is 2.54 bits per heavy atom. The van der Waals surface area contributed by atoms with Crippen molar-refractivity contribution in [3.8, 4) is 28.3 Å². The number of fused-ring (bicyclic) bond motifs is 2. The van der Waals surface area contributed by atoms with E-state index in [9.17, 15) is 9.59 Å². The molecule has 3 aromatic carbocycles. The minimum Gasteiger partial charge on any atom is -0.454 e. The van der Waals surface area contributed by atoms with Crippen molar-refractivity contribution in [2.24, 2.45) is 0 Å².